The molecule has 0 radical (unpaired) electrons. The molecule has 0 aliphatic rings. The van der Waals surface area contributed by atoms with E-state index in [4.69, 9.17) is 4.74 Å². The third-order valence-corrected chi connectivity index (χ3v) is 1.61. The lowest BCUT2D eigenvalue weighted by Crippen LogP contribution is -2.02. The second-order valence-corrected chi connectivity index (χ2v) is 3.04. The first-order valence-electron chi connectivity index (χ1n) is 3.33. The first-order valence-corrected chi connectivity index (χ1v) is 4.73. The molecule has 0 unspecified atom stereocenters. The molecule has 0 amide bonds. The molecule has 0 aromatic heterocycles. The van der Waals surface area contributed by atoms with Gasteiger partial charge in [0.1, 0.15) is 5.78 Å². The lowest BCUT2D eigenvalue weighted by atomic mass is 10.3. The van der Waals surface area contributed by atoms with Gasteiger partial charge in [-0.3, -0.25) is 4.79 Å². The van der Waals surface area contributed by atoms with Gasteiger partial charge in [0.05, 0.1) is 13.2 Å². The Hall–Kier alpha value is -0.0200. The van der Waals surface area contributed by atoms with Crippen LogP contribution in [0.3, 0.4) is 0 Å². The van der Waals surface area contributed by atoms with Crippen molar-refractivity contribution in [2.24, 2.45) is 0 Å². The van der Waals surface area contributed by atoms with Gasteiger partial charge in [0.15, 0.2) is 0 Å². The Labute approximate surface area is 66.3 Å². The molecule has 0 N–H and O–H groups in total. The molecule has 0 atom stereocenters. The largest absolute Gasteiger partial charge is 0.380 e. The molecule has 3 heteroatoms. The van der Waals surface area contributed by atoms with E-state index in [1.54, 1.807) is 18.7 Å². The van der Waals surface area contributed by atoms with E-state index in [1.807, 2.05) is 6.26 Å². The van der Waals surface area contributed by atoms with E-state index in [9.17, 15) is 4.79 Å². The van der Waals surface area contributed by atoms with Gasteiger partial charge >= 0.3 is 0 Å². The van der Waals surface area contributed by atoms with Gasteiger partial charge in [0, 0.05) is 12.2 Å². The SMILES string of the molecule is CSCCOCCC(C)=O. The third kappa shape index (κ3) is 7.98. The van der Waals surface area contributed by atoms with E-state index < -0.39 is 0 Å². The molecule has 60 valence electrons. The highest BCUT2D eigenvalue weighted by molar-refractivity contribution is 7.98. The third-order valence-electron chi connectivity index (χ3n) is 1.03. The van der Waals surface area contributed by atoms with Crippen LogP contribution in [0.15, 0.2) is 0 Å². The average Bonchev–Trinajstić information content (AvgIpc) is 1.87. The molecule has 0 bridgehead atoms. The number of rotatable bonds is 6. The van der Waals surface area contributed by atoms with E-state index in [1.165, 1.54) is 0 Å². The van der Waals surface area contributed by atoms with Crippen molar-refractivity contribution < 1.29 is 9.53 Å². The van der Waals surface area contributed by atoms with Crippen LogP contribution in [-0.2, 0) is 9.53 Å². The summed E-state index contributed by atoms with van der Waals surface area (Å²) < 4.78 is 5.14. The van der Waals surface area contributed by atoms with Crippen LogP contribution in [0.25, 0.3) is 0 Å². The van der Waals surface area contributed by atoms with Crippen molar-refractivity contribution in [3.8, 4) is 0 Å². The number of hydrogen-bond acceptors (Lipinski definition) is 3. The Morgan fingerprint density at radius 2 is 2.20 bits per heavy atom. The van der Waals surface area contributed by atoms with Gasteiger partial charge in [-0.05, 0) is 13.2 Å². The van der Waals surface area contributed by atoms with Crippen molar-refractivity contribution in [3.05, 3.63) is 0 Å². The summed E-state index contributed by atoms with van der Waals surface area (Å²) in [6, 6.07) is 0. The summed E-state index contributed by atoms with van der Waals surface area (Å²) in [5, 5.41) is 0. The summed E-state index contributed by atoms with van der Waals surface area (Å²) in [6.45, 7) is 2.92. The monoisotopic (exact) mass is 162 g/mol. The van der Waals surface area contributed by atoms with Crippen molar-refractivity contribution in [3.63, 3.8) is 0 Å². The van der Waals surface area contributed by atoms with Gasteiger partial charge in [-0.25, -0.2) is 0 Å². The molecular formula is C7H14O2S. The summed E-state index contributed by atoms with van der Waals surface area (Å²) in [6.07, 6.45) is 2.59. The van der Waals surface area contributed by atoms with Crippen LogP contribution >= 0.6 is 11.8 Å². The number of ether oxygens (including phenoxy) is 1. The molecule has 0 spiro atoms. The average molecular weight is 162 g/mol. The highest BCUT2D eigenvalue weighted by atomic mass is 32.2. The summed E-state index contributed by atoms with van der Waals surface area (Å²) in [4.78, 5) is 10.4. The van der Waals surface area contributed by atoms with Crippen molar-refractivity contribution in [1.29, 1.82) is 0 Å². The number of thioether (sulfide) groups is 1. The van der Waals surface area contributed by atoms with Crippen LogP contribution in [0.2, 0.25) is 0 Å². The van der Waals surface area contributed by atoms with Crippen LogP contribution in [0.4, 0.5) is 0 Å². The Morgan fingerprint density at radius 3 is 2.70 bits per heavy atom. The summed E-state index contributed by atoms with van der Waals surface area (Å²) in [5.41, 5.74) is 0. The van der Waals surface area contributed by atoms with E-state index in [-0.39, 0.29) is 5.78 Å². The molecule has 0 aromatic carbocycles. The Balaban J connectivity index is 2.84. The van der Waals surface area contributed by atoms with Crippen LogP contribution in [0.5, 0.6) is 0 Å². The van der Waals surface area contributed by atoms with E-state index in [0.29, 0.717) is 13.0 Å². The molecule has 0 heterocycles. The van der Waals surface area contributed by atoms with Gasteiger partial charge in [-0.2, -0.15) is 11.8 Å². The molecular weight excluding hydrogens is 148 g/mol. The van der Waals surface area contributed by atoms with Crippen LogP contribution < -0.4 is 0 Å². The maximum atomic E-state index is 10.4. The number of carbonyl (C=O) groups is 1. The molecule has 2 nitrogen and oxygen atoms in total. The lowest BCUT2D eigenvalue weighted by molar-refractivity contribution is -0.118. The van der Waals surface area contributed by atoms with Crippen LogP contribution in [0, 0.1) is 0 Å². The summed E-state index contributed by atoms with van der Waals surface area (Å²) in [7, 11) is 0. The Morgan fingerprint density at radius 1 is 1.50 bits per heavy atom. The standard InChI is InChI=1S/C7H14O2S/c1-7(8)3-4-9-5-6-10-2/h3-6H2,1-2H3. The first kappa shape index (κ1) is 9.98. The molecule has 10 heavy (non-hydrogen) atoms. The molecule has 0 aliphatic carbocycles. The zero-order chi connectivity index (χ0) is 7.82. The first-order chi connectivity index (χ1) is 4.77. The van der Waals surface area contributed by atoms with Crippen molar-refractivity contribution in [1.82, 2.24) is 0 Å². The minimum absolute atomic E-state index is 0.198. The fourth-order valence-electron chi connectivity index (χ4n) is 0.460. The van der Waals surface area contributed by atoms with Crippen LogP contribution in [-0.4, -0.2) is 31.0 Å². The highest BCUT2D eigenvalue weighted by Gasteiger charge is 1.91. The minimum atomic E-state index is 0.198. The fraction of sp³-hybridized carbons (Fsp3) is 0.857. The van der Waals surface area contributed by atoms with Gasteiger partial charge in [0.2, 0.25) is 0 Å². The topological polar surface area (TPSA) is 26.3 Å². The van der Waals surface area contributed by atoms with Crippen LogP contribution in [0.1, 0.15) is 13.3 Å². The van der Waals surface area contributed by atoms with Gasteiger partial charge in [-0.15, -0.1) is 0 Å². The van der Waals surface area contributed by atoms with Crippen molar-refractivity contribution >= 4 is 17.5 Å². The maximum Gasteiger partial charge on any atom is 0.132 e. The summed E-state index contributed by atoms with van der Waals surface area (Å²) >= 11 is 1.75. The maximum absolute atomic E-state index is 10.4. The van der Waals surface area contributed by atoms with Gasteiger partial charge in [-0.1, -0.05) is 0 Å². The zero-order valence-corrected chi connectivity index (χ0v) is 7.37. The molecule has 0 aliphatic heterocycles. The quantitative estimate of drug-likeness (QED) is 0.551. The number of Topliss-reactive ketones (excluding diaryl/α,β-unsaturated/α-hetero) is 1. The second-order valence-electron chi connectivity index (χ2n) is 2.06. The smallest absolute Gasteiger partial charge is 0.132 e. The lowest BCUT2D eigenvalue weighted by Gasteiger charge is -1.99. The number of hydrogen-bond donors (Lipinski definition) is 0. The fourth-order valence-corrected chi connectivity index (χ4v) is 0.745. The molecule has 0 rings (SSSR count). The predicted molar refractivity (Wildman–Crippen MR) is 44.5 cm³/mol. The molecule has 0 saturated carbocycles. The van der Waals surface area contributed by atoms with Gasteiger partial charge in [0.25, 0.3) is 0 Å². The van der Waals surface area contributed by atoms with Crippen molar-refractivity contribution in [2.45, 2.75) is 13.3 Å². The minimum Gasteiger partial charge on any atom is -0.380 e. The van der Waals surface area contributed by atoms with Gasteiger partial charge < -0.3 is 4.74 Å². The highest BCUT2D eigenvalue weighted by Crippen LogP contribution is 1.91. The zero-order valence-electron chi connectivity index (χ0n) is 6.55. The van der Waals surface area contributed by atoms with E-state index >= 15 is 0 Å². The van der Waals surface area contributed by atoms with Crippen molar-refractivity contribution in [2.75, 3.05) is 25.2 Å². The number of carbonyl (C=O) groups excluding carboxylic acids is 1. The van der Waals surface area contributed by atoms with E-state index in [0.717, 1.165) is 12.4 Å². The molecule has 0 fully saturated rings. The Bertz CT molecular complexity index is 93.6. The van der Waals surface area contributed by atoms with E-state index in [2.05, 4.69) is 0 Å². The second kappa shape index (κ2) is 7.09. The molecule has 0 saturated heterocycles. The Kier molecular flexibility index (Phi) is 7.08. The normalized spacial score (nSPS) is 9.80. The number of ketones is 1. The molecule has 0 aromatic rings. The summed E-state index contributed by atoms with van der Waals surface area (Å²) in [5.74, 6) is 1.21. The predicted octanol–water partition coefficient (Wildman–Crippen LogP) is 1.35.